The van der Waals surface area contributed by atoms with Crippen LogP contribution in [0.4, 0.5) is 0 Å². The third-order valence-electron chi connectivity index (χ3n) is 5.40. The van der Waals surface area contributed by atoms with E-state index in [0.717, 1.165) is 10.0 Å². The van der Waals surface area contributed by atoms with Crippen molar-refractivity contribution in [2.45, 2.75) is 23.4 Å². The molecule has 0 bridgehead atoms. The third kappa shape index (κ3) is 4.39. The van der Waals surface area contributed by atoms with Gasteiger partial charge in [0.2, 0.25) is 15.9 Å². The highest BCUT2D eigenvalue weighted by Crippen LogP contribution is 2.24. The van der Waals surface area contributed by atoms with Gasteiger partial charge in [-0.1, -0.05) is 46.3 Å². The first-order valence-corrected chi connectivity index (χ1v) is 11.8. The fourth-order valence-electron chi connectivity index (χ4n) is 3.75. The van der Waals surface area contributed by atoms with E-state index in [-0.39, 0.29) is 22.9 Å². The van der Waals surface area contributed by atoms with Gasteiger partial charge in [-0.05, 0) is 36.2 Å². The van der Waals surface area contributed by atoms with Crippen molar-refractivity contribution in [2.24, 2.45) is 0 Å². The van der Waals surface area contributed by atoms with E-state index in [1.807, 2.05) is 30.3 Å². The summed E-state index contributed by atoms with van der Waals surface area (Å²) in [5.74, 6) is 0.0108. The lowest BCUT2D eigenvalue weighted by molar-refractivity contribution is -0.134. The first-order valence-electron chi connectivity index (χ1n) is 9.55. The zero-order valence-corrected chi connectivity index (χ0v) is 18.2. The van der Waals surface area contributed by atoms with Gasteiger partial charge < -0.3 is 4.90 Å². The van der Waals surface area contributed by atoms with Crippen LogP contribution >= 0.6 is 15.9 Å². The maximum atomic E-state index is 12.9. The molecule has 9 heteroatoms. The van der Waals surface area contributed by atoms with Crippen LogP contribution in [0, 0.1) is 0 Å². The number of carbonyl (C=O) groups is 1. The maximum absolute atomic E-state index is 12.9. The fourth-order valence-corrected chi connectivity index (χ4v) is 5.43. The van der Waals surface area contributed by atoms with Crippen LogP contribution in [-0.4, -0.2) is 55.8 Å². The number of piperazine rings is 1. The van der Waals surface area contributed by atoms with Gasteiger partial charge in [0, 0.05) is 36.7 Å². The first-order chi connectivity index (χ1) is 13.9. The monoisotopic (exact) mass is 478 g/mol. The molecule has 2 aromatic carbocycles. The number of benzene rings is 2. The number of sulfonamides is 1. The van der Waals surface area contributed by atoms with Gasteiger partial charge in [0.05, 0.1) is 4.90 Å². The van der Waals surface area contributed by atoms with Crippen molar-refractivity contribution < 1.29 is 13.2 Å². The van der Waals surface area contributed by atoms with E-state index < -0.39 is 10.0 Å². The minimum atomic E-state index is -3.55. The summed E-state index contributed by atoms with van der Waals surface area (Å²) < 4.78 is 27.9. The number of hydrogen-bond acceptors (Lipinski definition) is 5. The molecule has 2 unspecified atom stereocenters. The van der Waals surface area contributed by atoms with Gasteiger partial charge >= 0.3 is 0 Å². The zero-order chi connectivity index (χ0) is 20.4. The molecule has 29 heavy (non-hydrogen) atoms. The van der Waals surface area contributed by atoms with Gasteiger partial charge in [-0.15, -0.1) is 0 Å². The van der Waals surface area contributed by atoms with Crippen molar-refractivity contribution in [2.75, 3.05) is 26.2 Å². The lowest BCUT2D eigenvalue weighted by Crippen LogP contribution is -2.54. The van der Waals surface area contributed by atoms with E-state index in [9.17, 15) is 13.2 Å². The maximum Gasteiger partial charge on any atom is 0.243 e. The highest BCUT2D eigenvalue weighted by Gasteiger charge is 2.36. The summed E-state index contributed by atoms with van der Waals surface area (Å²) >= 11 is 3.32. The lowest BCUT2D eigenvalue weighted by Gasteiger charge is -2.35. The first kappa shape index (κ1) is 20.5. The summed E-state index contributed by atoms with van der Waals surface area (Å²) in [6, 6.07) is 16.4. The average Bonchev–Trinajstić information content (AvgIpc) is 3.24. The van der Waals surface area contributed by atoms with Crippen LogP contribution in [0.5, 0.6) is 0 Å². The minimum absolute atomic E-state index is 0.0108. The largest absolute Gasteiger partial charge is 0.339 e. The van der Waals surface area contributed by atoms with Crippen LogP contribution in [0.2, 0.25) is 0 Å². The molecule has 2 heterocycles. The van der Waals surface area contributed by atoms with Crippen LogP contribution < -0.4 is 10.9 Å². The number of nitrogens with zero attached hydrogens (tertiary/aromatic N) is 2. The molecule has 1 amide bonds. The Morgan fingerprint density at radius 3 is 2.24 bits per heavy atom. The Morgan fingerprint density at radius 2 is 1.59 bits per heavy atom. The molecule has 0 spiro atoms. The molecule has 4 rings (SSSR count). The molecule has 2 aliphatic rings. The Hall–Kier alpha value is -1.78. The number of carbonyl (C=O) groups excluding carboxylic acids is 1. The van der Waals surface area contributed by atoms with E-state index in [4.69, 9.17) is 0 Å². The normalized spacial score (nSPS) is 23.3. The highest BCUT2D eigenvalue weighted by atomic mass is 79.9. The molecule has 2 aliphatic heterocycles. The second kappa shape index (κ2) is 8.53. The van der Waals surface area contributed by atoms with Gasteiger partial charge in [-0.2, -0.15) is 4.31 Å². The Labute approximate surface area is 179 Å². The van der Waals surface area contributed by atoms with E-state index in [2.05, 4.69) is 26.8 Å². The lowest BCUT2D eigenvalue weighted by atomic mass is 10.0. The highest BCUT2D eigenvalue weighted by molar-refractivity contribution is 9.10. The van der Waals surface area contributed by atoms with Gasteiger partial charge in [-0.3, -0.25) is 4.79 Å². The molecular weight excluding hydrogens is 456 g/mol. The third-order valence-corrected chi connectivity index (χ3v) is 7.85. The van der Waals surface area contributed by atoms with Gasteiger partial charge in [0.25, 0.3) is 0 Å². The number of nitrogens with one attached hydrogen (secondary N) is 2. The predicted octanol–water partition coefficient (Wildman–Crippen LogP) is 1.89. The average molecular weight is 479 g/mol. The summed E-state index contributed by atoms with van der Waals surface area (Å²) in [6.45, 7) is 1.38. The van der Waals surface area contributed by atoms with Crippen LogP contribution in [0.25, 0.3) is 0 Å². The molecule has 154 valence electrons. The predicted molar refractivity (Wildman–Crippen MR) is 113 cm³/mol. The summed E-state index contributed by atoms with van der Waals surface area (Å²) in [6.07, 6.45) is 0.667. The summed E-state index contributed by atoms with van der Waals surface area (Å²) in [4.78, 5) is 14.9. The van der Waals surface area contributed by atoms with E-state index >= 15 is 0 Å². The smallest absolute Gasteiger partial charge is 0.243 e. The molecule has 7 nitrogen and oxygen atoms in total. The van der Waals surface area contributed by atoms with E-state index in [1.54, 1.807) is 29.2 Å². The molecule has 2 saturated heterocycles. The molecule has 2 fully saturated rings. The van der Waals surface area contributed by atoms with Crippen LogP contribution in [0.15, 0.2) is 64.0 Å². The summed E-state index contributed by atoms with van der Waals surface area (Å²) in [7, 11) is -3.55. The van der Waals surface area contributed by atoms with Crippen LogP contribution in [0.1, 0.15) is 18.0 Å². The quantitative estimate of drug-likeness (QED) is 0.700. The second-order valence-corrected chi connectivity index (χ2v) is 10.1. The second-order valence-electron chi connectivity index (χ2n) is 7.22. The van der Waals surface area contributed by atoms with Crippen molar-refractivity contribution >= 4 is 31.9 Å². The molecule has 2 atom stereocenters. The number of halogens is 1. The van der Waals surface area contributed by atoms with E-state index in [1.165, 1.54) is 4.31 Å². The Morgan fingerprint density at radius 1 is 0.931 bits per heavy atom. The van der Waals surface area contributed by atoms with Crippen LogP contribution in [-0.2, 0) is 14.8 Å². The van der Waals surface area contributed by atoms with E-state index in [0.29, 0.717) is 32.6 Å². The van der Waals surface area contributed by atoms with Gasteiger partial charge in [0.1, 0.15) is 6.04 Å². The molecule has 0 saturated carbocycles. The van der Waals surface area contributed by atoms with Crippen molar-refractivity contribution in [3.8, 4) is 0 Å². The Kier molecular flexibility index (Phi) is 6.03. The molecule has 0 aromatic heterocycles. The fraction of sp³-hybridized carbons (Fsp3) is 0.350. The number of rotatable bonds is 4. The molecule has 2 aromatic rings. The summed E-state index contributed by atoms with van der Waals surface area (Å²) in [5, 5.41) is 0. The van der Waals surface area contributed by atoms with Gasteiger partial charge in [0.15, 0.2) is 0 Å². The minimum Gasteiger partial charge on any atom is -0.339 e. The van der Waals surface area contributed by atoms with Crippen molar-refractivity contribution in [3.63, 3.8) is 0 Å². The Bertz CT molecular complexity index is 961. The molecular formula is C20H23BrN4O3S. The Balaban J connectivity index is 1.35. The van der Waals surface area contributed by atoms with Crippen LogP contribution in [0.3, 0.4) is 0 Å². The van der Waals surface area contributed by atoms with Crippen molar-refractivity contribution in [1.29, 1.82) is 0 Å². The standard InChI is InChI=1S/C20H23BrN4O3S/c21-16-6-8-17(9-7-16)29(27,28)25-12-10-24(11-13-25)20(26)19-14-18(22-23-19)15-4-2-1-3-5-15/h1-9,18-19,22-23H,10-14H2. The number of hydrazine groups is 1. The summed E-state index contributed by atoms with van der Waals surface area (Å²) in [5.41, 5.74) is 7.43. The SMILES string of the molecule is O=C(C1CC(c2ccccc2)NN1)N1CCN(S(=O)(=O)c2ccc(Br)cc2)CC1. The zero-order valence-electron chi connectivity index (χ0n) is 15.8. The molecule has 2 N–H and O–H groups in total. The molecule has 0 radical (unpaired) electrons. The number of amides is 1. The van der Waals surface area contributed by atoms with Crippen molar-refractivity contribution in [1.82, 2.24) is 20.1 Å². The van der Waals surface area contributed by atoms with Gasteiger partial charge in [-0.25, -0.2) is 19.3 Å². The topological polar surface area (TPSA) is 81.8 Å². The number of hydrogen-bond donors (Lipinski definition) is 2. The van der Waals surface area contributed by atoms with Crippen molar-refractivity contribution in [3.05, 3.63) is 64.6 Å². The molecule has 0 aliphatic carbocycles.